The van der Waals surface area contributed by atoms with Crippen LogP contribution < -0.4 is 14.8 Å². The molecule has 1 aromatic carbocycles. The van der Waals surface area contributed by atoms with Gasteiger partial charge in [-0.2, -0.15) is 11.3 Å². The Labute approximate surface area is 154 Å². The molecule has 0 saturated heterocycles. The van der Waals surface area contributed by atoms with Crippen LogP contribution in [0.15, 0.2) is 29.0 Å². The molecule has 2 aromatic rings. The molecule has 0 aliphatic carbocycles. The summed E-state index contributed by atoms with van der Waals surface area (Å²) in [6, 6.07) is 5.02. The van der Waals surface area contributed by atoms with Gasteiger partial charge in [-0.3, -0.25) is 9.59 Å². The van der Waals surface area contributed by atoms with Gasteiger partial charge in [0.2, 0.25) is 0 Å². The van der Waals surface area contributed by atoms with Crippen molar-refractivity contribution in [1.82, 2.24) is 0 Å². The van der Waals surface area contributed by atoms with E-state index in [2.05, 4.69) is 5.32 Å². The summed E-state index contributed by atoms with van der Waals surface area (Å²) in [6.45, 7) is -0.378. The van der Waals surface area contributed by atoms with Crippen LogP contribution in [0, 0.1) is 0 Å². The molecule has 1 N–H and O–H groups in total. The molecule has 0 saturated carbocycles. The Kier molecular flexibility index (Phi) is 7.09. The number of rotatable bonds is 8. The quantitative estimate of drug-likeness (QED) is 0.706. The number of thiophene rings is 1. The predicted octanol–water partition coefficient (Wildman–Crippen LogP) is 3.53. The van der Waals surface area contributed by atoms with Crippen LogP contribution in [0.1, 0.15) is 12.0 Å². The van der Waals surface area contributed by atoms with E-state index in [0.29, 0.717) is 28.6 Å². The molecule has 0 fully saturated rings. The van der Waals surface area contributed by atoms with Gasteiger partial charge in [-0.05, 0) is 28.8 Å². The summed E-state index contributed by atoms with van der Waals surface area (Å²) in [4.78, 5) is 23.7. The number of amides is 1. The molecule has 0 atom stereocenters. The Morgan fingerprint density at radius 3 is 2.60 bits per heavy atom. The lowest BCUT2D eigenvalue weighted by Gasteiger charge is -2.13. The van der Waals surface area contributed by atoms with Crippen molar-refractivity contribution in [3.63, 3.8) is 0 Å². The fraction of sp³-hybridized carbons (Fsp3) is 0.294. The van der Waals surface area contributed by atoms with Gasteiger partial charge in [-0.25, -0.2) is 0 Å². The summed E-state index contributed by atoms with van der Waals surface area (Å²) in [5, 5.41) is 6.89. The lowest BCUT2D eigenvalue weighted by Crippen LogP contribution is -2.21. The number of ether oxygens (including phenoxy) is 3. The van der Waals surface area contributed by atoms with E-state index in [0.717, 1.165) is 5.56 Å². The van der Waals surface area contributed by atoms with E-state index in [1.165, 1.54) is 26.4 Å². The van der Waals surface area contributed by atoms with Crippen LogP contribution >= 0.6 is 22.9 Å². The van der Waals surface area contributed by atoms with Gasteiger partial charge in [-0.15, -0.1) is 0 Å². The molecule has 0 aliphatic rings. The number of carbonyl (C=O) groups is 2. The van der Waals surface area contributed by atoms with Gasteiger partial charge in [0.25, 0.3) is 5.91 Å². The van der Waals surface area contributed by atoms with E-state index in [-0.39, 0.29) is 13.0 Å². The first-order valence-corrected chi connectivity index (χ1v) is 8.73. The molecule has 2 rings (SSSR count). The number of halogens is 1. The van der Waals surface area contributed by atoms with Gasteiger partial charge < -0.3 is 19.5 Å². The van der Waals surface area contributed by atoms with Gasteiger partial charge in [0, 0.05) is 18.6 Å². The number of anilines is 1. The SMILES string of the molecule is COc1cc(NC(=O)COC(=O)CCc2ccsc2)c(OC)cc1Cl. The highest BCUT2D eigenvalue weighted by Gasteiger charge is 2.14. The number of nitrogens with one attached hydrogen (secondary N) is 1. The summed E-state index contributed by atoms with van der Waals surface area (Å²) in [7, 11) is 2.92. The Bertz CT molecular complexity index is 733. The zero-order valence-electron chi connectivity index (χ0n) is 13.8. The van der Waals surface area contributed by atoms with Crippen LogP contribution in [0.2, 0.25) is 5.02 Å². The van der Waals surface area contributed by atoms with Crippen molar-refractivity contribution in [3.05, 3.63) is 39.5 Å². The van der Waals surface area contributed by atoms with Gasteiger partial charge in [0.15, 0.2) is 6.61 Å². The first-order valence-electron chi connectivity index (χ1n) is 7.41. The maximum atomic E-state index is 12.0. The van der Waals surface area contributed by atoms with Crippen LogP contribution in [0.3, 0.4) is 0 Å². The molecule has 0 spiro atoms. The molecule has 1 heterocycles. The minimum Gasteiger partial charge on any atom is -0.495 e. The number of esters is 1. The van der Waals surface area contributed by atoms with Gasteiger partial charge >= 0.3 is 5.97 Å². The van der Waals surface area contributed by atoms with Gasteiger partial charge in [-0.1, -0.05) is 11.6 Å². The topological polar surface area (TPSA) is 73.9 Å². The van der Waals surface area contributed by atoms with E-state index in [9.17, 15) is 9.59 Å². The third-order valence-electron chi connectivity index (χ3n) is 3.31. The number of benzene rings is 1. The van der Waals surface area contributed by atoms with Crippen LogP contribution in [-0.4, -0.2) is 32.7 Å². The highest BCUT2D eigenvalue weighted by atomic mass is 35.5. The molecule has 6 nitrogen and oxygen atoms in total. The normalized spacial score (nSPS) is 10.2. The molecule has 0 bridgehead atoms. The highest BCUT2D eigenvalue weighted by Crippen LogP contribution is 2.35. The fourth-order valence-electron chi connectivity index (χ4n) is 2.04. The third kappa shape index (κ3) is 5.65. The molecule has 1 amide bonds. The smallest absolute Gasteiger partial charge is 0.306 e. The van der Waals surface area contributed by atoms with Crippen LogP contribution in [0.25, 0.3) is 0 Å². The van der Waals surface area contributed by atoms with E-state index in [1.54, 1.807) is 11.3 Å². The number of carbonyl (C=O) groups excluding carboxylic acids is 2. The second kappa shape index (κ2) is 9.29. The summed E-state index contributed by atoms with van der Waals surface area (Å²) in [5.74, 6) is -0.137. The lowest BCUT2D eigenvalue weighted by molar-refractivity contribution is -0.147. The van der Waals surface area contributed by atoms with Gasteiger partial charge in [0.1, 0.15) is 11.5 Å². The first kappa shape index (κ1) is 19.1. The van der Waals surface area contributed by atoms with Gasteiger partial charge in [0.05, 0.1) is 24.9 Å². The van der Waals surface area contributed by atoms with E-state index >= 15 is 0 Å². The summed E-state index contributed by atoms with van der Waals surface area (Å²) < 4.78 is 15.3. The molecule has 0 unspecified atom stereocenters. The Morgan fingerprint density at radius 1 is 1.20 bits per heavy atom. The Balaban J connectivity index is 1.86. The monoisotopic (exact) mass is 383 g/mol. The summed E-state index contributed by atoms with van der Waals surface area (Å²) >= 11 is 7.58. The van der Waals surface area contributed by atoms with E-state index in [4.69, 9.17) is 25.8 Å². The first-order chi connectivity index (χ1) is 12.0. The Morgan fingerprint density at radius 2 is 1.96 bits per heavy atom. The van der Waals surface area contributed by atoms with Crippen LogP contribution in [-0.2, 0) is 20.7 Å². The zero-order chi connectivity index (χ0) is 18.2. The number of hydrogen-bond donors (Lipinski definition) is 1. The number of aryl methyl sites for hydroxylation is 1. The second-order valence-electron chi connectivity index (χ2n) is 5.03. The minimum atomic E-state index is -0.480. The molecule has 0 aliphatic heterocycles. The van der Waals surface area contributed by atoms with E-state index in [1.807, 2.05) is 16.8 Å². The molecule has 25 heavy (non-hydrogen) atoms. The van der Waals surface area contributed by atoms with Crippen LogP contribution in [0.4, 0.5) is 5.69 Å². The molecular weight excluding hydrogens is 366 g/mol. The molecular formula is C17H18ClNO5S. The lowest BCUT2D eigenvalue weighted by atomic mass is 10.2. The zero-order valence-corrected chi connectivity index (χ0v) is 15.4. The van der Waals surface area contributed by atoms with E-state index < -0.39 is 11.9 Å². The van der Waals surface area contributed by atoms with Crippen molar-refractivity contribution in [2.24, 2.45) is 0 Å². The Hall–Kier alpha value is -2.25. The van der Waals surface area contributed by atoms with Crippen LogP contribution in [0.5, 0.6) is 11.5 Å². The third-order valence-corrected chi connectivity index (χ3v) is 4.34. The number of methoxy groups -OCH3 is 2. The van der Waals surface area contributed by atoms with Crippen molar-refractivity contribution in [2.45, 2.75) is 12.8 Å². The summed E-state index contributed by atoms with van der Waals surface area (Å²) in [6.07, 6.45) is 0.814. The van der Waals surface area contributed by atoms with Crippen molar-refractivity contribution < 1.29 is 23.8 Å². The maximum absolute atomic E-state index is 12.0. The largest absolute Gasteiger partial charge is 0.495 e. The second-order valence-corrected chi connectivity index (χ2v) is 6.21. The van der Waals surface area contributed by atoms with Crippen molar-refractivity contribution in [1.29, 1.82) is 0 Å². The highest BCUT2D eigenvalue weighted by molar-refractivity contribution is 7.07. The average Bonchev–Trinajstić information content (AvgIpc) is 3.12. The molecule has 1 aromatic heterocycles. The predicted molar refractivity (Wildman–Crippen MR) is 96.8 cm³/mol. The van der Waals surface area contributed by atoms with Crippen molar-refractivity contribution >= 4 is 40.5 Å². The summed E-state index contributed by atoms with van der Waals surface area (Å²) in [5.41, 5.74) is 1.45. The standard InChI is InChI=1S/C17H18ClNO5S/c1-22-14-8-13(15(23-2)7-12(14)18)19-16(20)9-24-17(21)4-3-11-5-6-25-10-11/h5-8,10H,3-4,9H2,1-2H3,(H,19,20). The molecule has 8 heteroatoms. The molecule has 0 radical (unpaired) electrons. The average molecular weight is 384 g/mol. The fourth-order valence-corrected chi connectivity index (χ4v) is 2.98. The minimum absolute atomic E-state index is 0.224. The molecule has 134 valence electrons. The number of hydrogen-bond acceptors (Lipinski definition) is 6. The maximum Gasteiger partial charge on any atom is 0.306 e. The van der Waals surface area contributed by atoms with Crippen molar-refractivity contribution in [2.75, 3.05) is 26.1 Å². The van der Waals surface area contributed by atoms with Crippen molar-refractivity contribution in [3.8, 4) is 11.5 Å².